The molecule has 0 fully saturated rings. The molecule has 1 aliphatic rings. The van der Waals surface area contributed by atoms with Crippen LogP contribution in [0.1, 0.15) is 25.0 Å². The zero-order valence-corrected chi connectivity index (χ0v) is 31.6. The molecule has 0 aliphatic heterocycles. The summed E-state index contributed by atoms with van der Waals surface area (Å²) < 4.78 is 2.69. The minimum Gasteiger partial charge on any atom is -0.310 e. The van der Waals surface area contributed by atoms with Gasteiger partial charge in [-0.3, -0.25) is 0 Å². The van der Waals surface area contributed by atoms with Crippen molar-refractivity contribution in [3.05, 3.63) is 199 Å². The zero-order valence-electron chi connectivity index (χ0n) is 30.8. The Bertz CT molecular complexity index is 3130. The Hall–Kier alpha value is -6.48. The van der Waals surface area contributed by atoms with E-state index in [2.05, 4.69) is 207 Å². The van der Waals surface area contributed by atoms with Gasteiger partial charge in [0.2, 0.25) is 0 Å². The first-order valence-electron chi connectivity index (χ1n) is 19.1. The number of rotatable bonds is 5. The number of benzene rings is 9. The van der Waals surface area contributed by atoms with E-state index in [4.69, 9.17) is 0 Å². The van der Waals surface area contributed by atoms with Gasteiger partial charge < -0.3 is 4.90 Å². The molecule has 1 nitrogen and oxygen atoms in total. The average molecular weight is 720 g/mol. The molecular formula is C53H37NS. The van der Waals surface area contributed by atoms with Crippen molar-refractivity contribution in [3.8, 4) is 33.4 Å². The van der Waals surface area contributed by atoms with Gasteiger partial charge >= 0.3 is 0 Å². The van der Waals surface area contributed by atoms with Gasteiger partial charge in [0.1, 0.15) is 0 Å². The van der Waals surface area contributed by atoms with Crippen LogP contribution < -0.4 is 4.90 Å². The first-order valence-corrected chi connectivity index (χ1v) is 19.9. The van der Waals surface area contributed by atoms with Crippen molar-refractivity contribution < 1.29 is 0 Å². The number of anilines is 3. The number of para-hydroxylation sites is 1. The Balaban J connectivity index is 1.05. The Morgan fingerprint density at radius 2 is 1.05 bits per heavy atom. The standard InChI is InChI=1S/C53H37NS/c1-53(2)48-17-9-7-16-44(48)45-29-27-41(33-49(45)53)54(50-18-10-8-14-42(50)39-20-19-34-11-3-4-13-37(34)31-39)40-25-21-35(22-26-40)38-24-30-51-47(32-38)46-28-23-36-12-5-6-15-43(36)52(46)55-51/h3-33H,1-2H3. The summed E-state index contributed by atoms with van der Waals surface area (Å²) in [5, 5.41) is 7.76. The van der Waals surface area contributed by atoms with Crippen molar-refractivity contribution in [1.82, 2.24) is 0 Å². The molecular weight excluding hydrogens is 683 g/mol. The second-order valence-corrected chi connectivity index (χ2v) is 16.4. The normalized spacial score (nSPS) is 13.1. The number of thiophene rings is 1. The number of hydrogen-bond donors (Lipinski definition) is 0. The van der Waals surface area contributed by atoms with Gasteiger partial charge in [-0.05, 0) is 109 Å². The van der Waals surface area contributed by atoms with Gasteiger partial charge in [-0.2, -0.15) is 0 Å². The fourth-order valence-electron chi connectivity index (χ4n) is 9.02. The third-order valence-corrected chi connectivity index (χ3v) is 13.1. The van der Waals surface area contributed by atoms with Crippen LogP contribution >= 0.6 is 11.3 Å². The minimum absolute atomic E-state index is 0.105. The summed E-state index contributed by atoms with van der Waals surface area (Å²) in [4.78, 5) is 2.45. The van der Waals surface area contributed by atoms with Crippen molar-refractivity contribution in [1.29, 1.82) is 0 Å². The second kappa shape index (κ2) is 12.3. The molecule has 0 radical (unpaired) electrons. The fourth-order valence-corrected chi connectivity index (χ4v) is 10.2. The Labute approximate surface area is 325 Å². The molecule has 11 rings (SSSR count). The van der Waals surface area contributed by atoms with Crippen molar-refractivity contribution in [2.75, 3.05) is 4.90 Å². The molecule has 0 spiro atoms. The lowest BCUT2D eigenvalue weighted by molar-refractivity contribution is 0.660. The van der Waals surface area contributed by atoms with Gasteiger partial charge in [0.25, 0.3) is 0 Å². The van der Waals surface area contributed by atoms with E-state index in [0.29, 0.717) is 0 Å². The van der Waals surface area contributed by atoms with Crippen molar-refractivity contribution in [2.24, 2.45) is 0 Å². The SMILES string of the molecule is CC1(C)c2ccccc2-c2ccc(N(c3ccc(-c4ccc5sc6c7ccccc7ccc6c5c4)cc3)c3ccccc3-c3ccc4ccccc4c3)cc21. The first-order chi connectivity index (χ1) is 27.0. The van der Waals surface area contributed by atoms with E-state index in [1.54, 1.807) is 0 Å². The van der Waals surface area contributed by atoms with Crippen LogP contribution in [0.4, 0.5) is 17.1 Å². The molecule has 1 aromatic heterocycles. The minimum atomic E-state index is -0.105. The van der Waals surface area contributed by atoms with Gasteiger partial charge in [0.15, 0.2) is 0 Å². The Kier molecular flexibility index (Phi) is 7.14. The maximum atomic E-state index is 2.45. The van der Waals surface area contributed by atoms with E-state index in [9.17, 15) is 0 Å². The van der Waals surface area contributed by atoms with E-state index in [0.717, 1.165) is 17.1 Å². The van der Waals surface area contributed by atoms with Crippen LogP contribution in [0.3, 0.4) is 0 Å². The van der Waals surface area contributed by atoms with Crippen LogP contribution in [-0.4, -0.2) is 0 Å². The number of hydrogen-bond acceptors (Lipinski definition) is 2. The quantitative estimate of drug-likeness (QED) is 0.171. The van der Waals surface area contributed by atoms with Gasteiger partial charge in [-0.15, -0.1) is 11.3 Å². The molecule has 10 aromatic rings. The summed E-state index contributed by atoms with van der Waals surface area (Å²) >= 11 is 1.89. The monoisotopic (exact) mass is 719 g/mol. The highest BCUT2D eigenvalue weighted by Crippen LogP contribution is 2.51. The molecule has 0 atom stereocenters. The highest BCUT2D eigenvalue weighted by molar-refractivity contribution is 7.26. The lowest BCUT2D eigenvalue weighted by Gasteiger charge is -2.30. The van der Waals surface area contributed by atoms with E-state index < -0.39 is 0 Å². The fraction of sp³-hybridized carbons (Fsp3) is 0.0566. The third-order valence-electron chi connectivity index (χ3n) is 11.9. The van der Waals surface area contributed by atoms with Gasteiger partial charge in [0, 0.05) is 42.5 Å². The maximum absolute atomic E-state index is 2.45. The smallest absolute Gasteiger partial charge is 0.0540 e. The molecule has 1 heterocycles. The summed E-state index contributed by atoms with van der Waals surface area (Å²) in [5.41, 5.74) is 13.6. The summed E-state index contributed by atoms with van der Waals surface area (Å²) in [5.74, 6) is 0. The van der Waals surface area contributed by atoms with E-state index in [1.165, 1.54) is 86.2 Å². The first kappa shape index (κ1) is 32.0. The van der Waals surface area contributed by atoms with Crippen LogP contribution in [0.25, 0.3) is 75.1 Å². The van der Waals surface area contributed by atoms with Crippen LogP contribution in [0, 0.1) is 0 Å². The van der Waals surface area contributed by atoms with Crippen molar-refractivity contribution in [3.63, 3.8) is 0 Å². The van der Waals surface area contributed by atoms with Gasteiger partial charge in [0.05, 0.1) is 5.69 Å². The molecule has 260 valence electrons. The third kappa shape index (κ3) is 5.06. The summed E-state index contributed by atoms with van der Waals surface area (Å²) in [6.07, 6.45) is 0. The molecule has 0 saturated carbocycles. The predicted octanol–water partition coefficient (Wildman–Crippen LogP) is 15.5. The number of fused-ring (bicyclic) bond motifs is 9. The molecule has 0 saturated heterocycles. The average Bonchev–Trinajstić information content (AvgIpc) is 3.73. The molecule has 0 N–H and O–H groups in total. The molecule has 0 bridgehead atoms. The summed E-state index contributed by atoms with van der Waals surface area (Å²) in [7, 11) is 0. The lowest BCUT2D eigenvalue weighted by atomic mass is 9.82. The zero-order chi connectivity index (χ0) is 36.7. The molecule has 0 unspecified atom stereocenters. The van der Waals surface area contributed by atoms with Gasteiger partial charge in [-0.25, -0.2) is 0 Å². The highest BCUT2D eigenvalue weighted by Gasteiger charge is 2.36. The van der Waals surface area contributed by atoms with E-state index in [1.807, 2.05) is 11.3 Å². The molecule has 9 aromatic carbocycles. The highest BCUT2D eigenvalue weighted by atomic mass is 32.1. The van der Waals surface area contributed by atoms with Crippen LogP contribution in [0.15, 0.2) is 188 Å². The molecule has 55 heavy (non-hydrogen) atoms. The topological polar surface area (TPSA) is 3.24 Å². The molecule has 0 amide bonds. The number of nitrogens with zero attached hydrogens (tertiary/aromatic N) is 1. The van der Waals surface area contributed by atoms with E-state index in [-0.39, 0.29) is 5.41 Å². The van der Waals surface area contributed by atoms with E-state index >= 15 is 0 Å². The largest absolute Gasteiger partial charge is 0.310 e. The van der Waals surface area contributed by atoms with Crippen LogP contribution in [-0.2, 0) is 5.41 Å². The Morgan fingerprint density at radius 3 is 1.93 bits per heavy atom. The predicted molar refractivity (Wildman–Crippen MR) is 237 cm³/mol. The molecule has 2 heteroatoms. The van der Waals surface area contributed by atoms with Crippen LogP contribution in [0.5, 0.6) is 0 Å². The van der Waals surface area contributed by atoms with Crippen molar-refractivity contribution >= 4 is 70.1 Å². The maximum Gasteiger partial charge on any atom is 0.0540 e. The molecule has 1 aliphatic carbocycles. The second-order valence-electron chi connectivity index (χ2n) is 15.3. The Morgan fingerprint density at radius 1 is 0.400 bits per heavy atom. The van der Waals surface area contributed by atoms with Crippen molar-refractivity contribution in [2.45, 2.75) is 19.3 Å². The van der Waals surface area contributed by atoms with Gasteiger partial charge in [-0.1, -0.05) is 153 Å². The lowest BCUT2D eigenvalue weighted by Crippen LogP contribution is -2.16. The van der Waals surface area contributed by atoms with Crippen LogP contribution in [0.2, 0.25) is 0 Å². The summed E-state index contributed by atoms with van der Waals surface area (Å²) in [6, 6.07) is 69.7. The summed E-state index contributed by atoms with van der Waals surface area (Å²) in [6.45, 7) is 4.72.